The molecule has 0 fully saturated rings. The van der Waals surface area contributed by atoms with Crippen LogP contribution in [0.2, 0.25) is 0 Å². The standard InChI is InChI=1S/C9H13NO4S/c1-13-8-4-2-3-5-9(8)14-6-7-15(10,11)12/h2-5H,6-7H2,1H3,(H2,10,11,12). The van der Waals surface area contributed by atoms with Gasteiger partial charge >= 0.3 is 0 Å². The Morgan fingerprint density at radius 1 is 1.27 bits per heavy atom. The normalized spacial score (nSPS) is 11.1. The lowest BCUT2D eigenvalue weighted by molar-refractivity contribution is 0.311. The van der Waals surface area contributed by atoms with E-state index in [1.165, 1.54) is 7.11 Å². The molecule has 0 saturated carbocycles. The molecule has 1 rings (SSSR count). The maximum atomic E-state index is 10.6. The zero-order valence-corrected chi connectivity index (χ0v) is 9.16. The lowest BCUT2D eigenvalue weighted by Crippen LogP contribution is -2.21. The SMILES string of the molecule is COc1ccccc1OCCS(N)(=O)=O. The molecule has 0 aliphatic carbocycles. The fourth-order valence-corrected chi connectivity index (χ4v) is 1.32. The second-order valence-electron chi connectivity index (χ2n) is 2.87. The van der Waals surface area contributed by atoms with Gasteiger partial charge in [-0.15, -0.1) is 0 Å². The number of hydrogen-bond acceptors (Lipinski definition) is 4. The van der Waals surface area contributed by atoms with E-state index in [9.17, 15) is 8.42 Å². The molecular weight excluding hydrogens is 218 g/mol. The van der Waals surface area contributed by atoms with Crippen molar-refractivity contribution in [1.29, 1.82) is 0 Å². The van der Waals surface area contributed by atoms with Crippen molar-refractivity contribution in [3.8, 4) is 11.5 Å². The average molecular weight is 231 g/mol. The smallest absolute Gasteiger partial charge is 0.212 e. The van der Waals surface area contributed by atoms with Crippen LogP contribution in [0.3, 0.4) is 0 Å². The summed E-state index contributed by atoms with van der Waals surface area (Å²) in [6.07, 6.45) is 0. The minimum Gasteiger partial charge on any atom is -0.493 e. The van der Waals surface area contributed by atoms with Gasteiger partial charge in [-0.1, -0.05) is 12.1 Å². The van der Waals surface area contributed by atoms with Gasteiger partial charge in [0.1, 0.15) is 6.61 Å². The quantitative estimate of drug-likeness (QED) is 0.793. The Kier molecular flexibility index (Phi) is 3.93. The highest BCUT2D eigenvalue weighted by atomic mass is 32.2. The van der Waals surface area contributed by atoms with E-state index in [2.05, 4.69) is 0 Å². The number of sulfonamides is 1. The van der Waals surface area contributed by atoms with Gasteiger partial charge in [-0.05, 0) is 12.1 Å². The number of benzene rings is 1. The third-order valence-corrected chi connectivity index (χ3v) is 2.43. The van der Waals surface area contributed by atoms with Gasteiger partial charge in [-0.25, -0.2) is 13.6 Å². The van der Waals surface area contributed by atoms with E-state index in [1.54, 1.807) is 24.3 Å². The van der Waals surface area contributed by atoms with Crippen LogP contribution in [-0.2, 0) is 10.0 Å². The van der Waals surface area contributed by atoms with Crippen molar-refractivity contribution < 1.29 is 17.9 Å². The maximum absolute atomic E-state index is 10.6. The predicted molar refractivity (Wildman–Crippen MR) is 56.5 cm³/mol. The molecular formula is C9H13NO4S. The van der Waals surface area contributed by atoms with Crippen molar-refractivity contribution in [1.82, 2.24) is 0 Å². The highest BCUT2D eigenvalue weighted by Gasteiger charge is 2.05. The summed E-state index contributed by atoms with van der Waals surface area (Å²) in [5, 5.41) is 4.83. The molecule has 84 valence electrons. The van der Waals surface area contributed by atoms with Crippen molar-refractivity contribution in [2.24, 2.45) is 5.14 Å². The lowest BCUT2D eigenvalue weighted by Gasteiger charge is -2.09. The first-order valence-corrected chi connectivity index (χ1v) is 6.01. The summed E-state index contributed by atoms with van der Waals surface area (Å²) in [6.45, 7) is 0.0131. The molecule has 15 heavy (non-hydrogen) atoms. The molecule has 5 nitrogen and oxygen atoms in total. The number of para-hydroxylation sites is 2. The Labute approximate surface area is 88.9 Å². The third kappa shape index (κ3) is 4.18. The maximum Gasteiger partial charge on any atom is 0.212 e. The van der Waals surface area contributed by atoms with Crippen molar-refractivity contribution >= 4 is 10.0 Å². The fraction of sp³-hybridized carbons (Fsp3) is 0.333. The Morgan fingerprint density at radius 2 is 1.87 bits per heavy atom. The van der Waals surface area contributed by atoms with Gasteiger partial charge in [-0.2, -0.15) is 0 Å². The first kappa shape index (κ1) is 11.8. The molecule has 0 amide bonds. The number of hydrogen-bond donors (Lipinski definition) is 1. The molecule has 0 bridgehead atoms. The largest absolute Gasteiger partial charge is 0.493 e. The summed E-state index contributed by atoms with van der Waals surface area (Å²) < 4.78 is 31.5. The topological polar surface area (TPSA) is 78.6 Å². The molecule has 1 aromatic carbocycles. The minimum atomic E-state index is -3.48. The summed E-state index contributed by atoms with van der Waals surface area (Å²) in [4.78, 5) is 0. The minimum absolute atomic E-state index is 0.0131. The Hall–Kier alpha value is -1.27. The number of primary sulfonamides is 1. The molecule has 2 N–H and O–H groups in total. The van der Waals surface area contributed by atoms with E-state index in [0.717, 1.165) is 0 Å². The van der Waals surface area contributed by atoms with Crippen LogP contribution in [0.4, 0.5) is 0 Å². The van der Waals surface area contributed by atoms with Crippen LogP contribution in [0.5, 0.6) is 11.5 Å². The summed E-state index contributed by atoms with van der Waals surface area (Å²) >= 11 is 0. The van der Waals surface area contributed by atoms with E-state index in [4.69, 9.17) is 14.6 Å². The summed E-state index contributed by atoms with van der Waals surface area (Å²) in [5.74, 6) is 0.848. The Balaban J connectivity index is 2.58. The summed E-state index contributed by atoms with van der Waals surface area (Å²) in [6, 6.07) is 6.99. The van der Waals surface area contributed by atoms with E-state index in [-0.39, 0.29) is 12.4 Å². The number of ether oxygens (including phenoxy) is 2. The molecule has 0 atom stereocenters. The van der Waals surface area contributed by atoms with E-state index in [1.807, 2.05) is 0 Å². The van der Waals surface area contributed by atoms with Gasteiger partial charge < -0.3 is 9.47 Å². The van der Waals surface area contributed by atoms with Crippen molar-refractivity contribution in [3.63, 3.8) is 0 Å². The Bertz CT molecular complexity index is 416. The van der Waals surface area contributed by atoms with Crippen LogP contribution in [0, 0.1) is 0 Å². The number of nitrogens with two attached hydrogens (primary N) is 1. The molecule has 6 heteroatoms. The molecule has 0 radical (unpaired) electrons. The summed E-state index contributed by atoms with van der Waals surface area (Å²) in [5.41, 5.74) is 0. The number of methoxy groups -OCH3 is 1. The van der Waals surface area contributed by atoms with Gasteiger partial charge in [-0.3, -0.25) is 0 Å². The van der Waals surface area contributed by atoms with Crippen molar-refractivity contribution in [3.05, 3.63) is 24.3 Å². The Morgan fingerprint density at radius 3 is 2.40 bits per heavy atom. The van der Waals surface area contributed by atoms with Crippen LogP contribution in [0.25, 0.3) is 0 Å². The van der Waals surface area contributed by atoms with Gasteiger partial charge in [0.15, 0.2) is 11.5 Å². The molecule has 0 heterocycles. The second kappa shape index (κ2) is 4.99. The zero-order valence-electron chi connectivity index (χ0n) is 8.34. The van der Waals surface area contributed by atoms with Crippen LogP contribution in [-0.4, -0.2) is 27.9 Å². The lowest BCUT2D eigenvalue weighted by atomic mass is 10.3. The molecule has 0 spiro atoms. The fourth-order valence-electron chi connectivity index (χ4n) is 1.01. The van der Waals surface area contributed by atoms with E-state index in [0.29, 0.717) is 11.5 Å². The molecule has 0 aliphatic rings. The van der Waals surface area contributed by atoms with Crippen LogP contribution in [0.1, 0.15) is 0 Å². The van der Waals surface area contributed by atoms with Gasteiger partial charge in [0.25, 0.3) is 0 Å². The third-order valence-electron chi connectivity index (χ3n) is 1.69. The first-order valence-electron chi connectivity index (χ1n) is 4.29. The first-order chi connectivity index (χ1) is 7.03. The molecule has 0 unspecified atom stereocenters. The molecule has 1 aromatic rings. The van der Waals surface area contributed by atoms with Crippen molar-refractivity contribution in [2.75, 3.05) is 19.5 Å². The average Bonchev–Trinajstić information content (AvgIpc) is 2.16. The van der Waals surface area contributed by atoms with Crippen molar-refractivity contribution in [2.45, 2.75) is 0 Å². The van der Waals surface area contributed by atoms with E-state index < -0.39 is 10.0 Å². The molecule has 0 aromatic heterocycles. The predicted octanol–water partition coefficient (Wildman–Crippen LogP) is 0.363. The highest BCUT2D eigenvalue weighted by molar-refractivity contribution is 7.89. The summed E-state index contributed by atoms with van der Waals surface area (Å²) in [7, 11) is -1.96. The van der Waals surface area contributed by atoms with Gasteiger partial charge in [0, 0.05) is 0 Å². The monoisotopic (exact) mass is 231 g/mol. The molecule has 0 aliphatic heterocycles. The van der Waals surface area contributed by atoms with E-state index >= 15 is 0 Å². The second-order valence-corrected chi connectivity index (χ2v) is 4.60. The van der Waals surface area contributed by atoms with Crippen LogP contribution >= 0.6 is 0 Å². The van der Waals surface area contributed by atoms with Crippen LogP contribution in [0.15, 0.2) is 24.3 Å². The van der Waals surface area contributed by atoms with Crippen LogP contribution < -0.4 is 14.6 Å². The number of rotatable bonds is 5. The zero-order chi connectivity index (χ0) is 11.3. The molecule has 0 saturated heterocycles. The van der Waals surface area contributed by atoms with Gasteiger partial charge in [0.05, 0.1) is 12.9 Å². The highest BCUT2D eigenvalue weighted by Crippen LogP contribution is 2.25. The van der Waals surface area contributed by atoms with Gasteiger partial charge in [0.2, 0.25) is 10.0 Å².